The molecule has 0 radical (unpaired) electrons. The molecule has 0 unspecified atom stereocenters. The molecular formula is C27H31N3O4S. The van der Waals surface area contributed by atoms with Gasteiger partial charge >= 0.3 is 0 Å². The SMILES string of the molecule is Cc1ccc(OCc2nc(C(=O)N[C@@H]3CCCC[C@@H]3NC(=O)COCc3ccccc3)cs2)cc1. The highest BCUT2D eigenvalue weighted by Gasteiger charge is 2.28. The summed E-state index contributed by atoms with van der Waals surface area (Å²) in [5.41, 5.74) is 2.57. The summed E-state index contributed by atoms with van der Waals surface area (Å²) in [5.74, 6) is 0.371. The Morgan fingerprint density at radius 1 is 0.971 bits per heavy atom. The van der Waals surface area contributed by atoms with Gasteiger partial charge in [0, 0.05) is 17.5 Å². The highest BCUT2D eigenvalue weighted by atomic mass is 32.1. The molecule has 1 fully saturated rings. The molecule has 1 aliphatic carbocycles. The molecule has 35 heavy (non-hydrogen) atoms. The molecule has 1 saturated carbocycles. The van der Waals surface area contributed by atoms with Crippen LogP contribution in [-0.4, -0.2) is 35.5 Å². The third kappa shape index (κ3) is 7.63. The highest BCUT2D eigenvalue weighted by Crippen LogP contribution is 2.20. The second-order valence-corrected chi connectivity index (χ2v) is 9.69. The number of ether oxygens (including phenoxy) is 2. The third-order valence-electron chi connectivity index (χ3n) is 5.94. The summed E-state index contributed by atoms with van der Waals surface area (Å²) in [6, 6.07) is 17.3. The third-order valence-corrected chi connectivity index (χ3v) is 6.76. The predicted molar refractivity (Wildman–Crippen MR) is 135 cm³/mol. The minimum absolute atomic E-state index is 0.0114. The van der Waals surface area contributed by atoms with E-state index in [4.69, 9.17) is 9.47 Å². The predicted octanol–water partition coefficient (Wildman–Crippen LogP) is 4.40. The molecule has 2 amide bonds. The summed E-state index contributed by atoms with van der Waals surface area (Å²) in [5, 5.41) is 8.60. The van der Waals surface area contributed by atoms with Gasteiger partial charge in [-0.2, -0.15) is 0 Å². The van der Waals surface area contributed by atoms with Crippen molar-refractivity contribution in [3.05, 3.63) is 81.8 Å². The van der Waals surface area contributed by atoms with Crippen molar-refractivity contribution < 1.29 is 19.1 Å². The number of rotatable bonds is 10. The molecule has 8 heteroatoms. The molecule has 0 bridgehead atoms. The number of nitrogens with zero attached hydrogens (tertiary/aromatic N) is 1. The maximum Gasteiger partial charge on any atom is 0.271 e. The van der Waals surface area contributed by atoms with Gasteiger partial charge < -0.3 is 20.1 Å². The van der Waals surface area contributed by atoms with Crippen molar-refractivity contribution in [2.24, 2.45) is 0 Å². The Bertz CT molecular complexity index is 1100. The first kappa shape index (κ1) is 24.9. The second kappa shape index (κ2) is 12.5. The highest BCUT2D eigenvalue weighted by molar-refractivity contribution is 7.09. The molecular weight excluding hydrogens is 462 g/mol. The van der Waals surface area contributed by atoms with E-state index in [1.54, 1.807) is 5.38 Å². The average Bonchev–Trinajstić information content (AvgIpc) is 3.35. The molecule has 0 aliphatic heterocycles. The number of aromatic nitrogens is 1. The zero-order valence-electron chi connectivity index (χ0n) is 19.9. The Morgan fingerprint density at radius 2 is 1.69 bits per heavy atom. The molecule has 2 aromatic carbocycles. The lowest BCUT2D eigenvalue weighted by atomic mass is 9.90. The van der Waals surface area contributed by atoms with Crippen LogP contribution in [0.5, 0.6) is 5.75 Å². The first-order valence-corrected chi connectivity index (χ1v) is 12.8. The standard InChI is InChI=1S/C27H31N3O4S/c1-19-11-13-21(14-12-19)34-17-26-29-24(18-35-26)27(32)30-23-10-6-5-9-22(23)28-25(31)16-33-15-20-7-3-2-4-8-20/h2-4,7-8,11-14,18,22-23H,5-6,9-10,15-17H2,1H3,(H,28,31)(H,30,32)/t22-,23+/m0/s1. The van der Waals surface area contributed by atoms with E-state index < -0.39 is 0 Å². The number of amides is 2. The maximum atomic E-state index is 12.9. The number of benzene rings is 2. The van der Waals surface area contributed by atoms with Gasteiger partial charge in [-0.15, -0.1) is 11.3 Å². The van der Waals surface area contributed by atoms with Crippen LogP contribution < -0.4 is 15.4 Å². The summed E-state index contributed by atoms with van der Waals surface area (Å²) in [4.78, 5) is 29.7. The quantitative estimate of drug-likeness (QED) is 0.437. The van der Waals surface area contributed by atoms with Gasteiger partial charge in [-0.25, -0.2) is 4.98 Å². The number of hydrogen-bond donors (Lipinski definition) is 2. The molecule has 0 saturated heterocycles. The van der Waals surface area contributed by atoms with E-state index >= 15 is 0 Å². The Balaban J connectivity index is 1.24. The number of carbonyl (C=O) groups excluding carboxylic acids is 2. The molecule has 184 valence electrons. The Morgan fingerprint density at radius 3 is 2.43 bits per heavy atom. The zero-order valence-corrected chi connectivity index (χ0v) is 20.7. The molecule has 3 aromatic rings. The van der Waals surface area contributed by atoms with Crippen LogP contribution in [0.3, 0.4) is 0 Å². The van der Waals surface area contributed by atoms with Crippen LogP contribution in [0.4, 0.5) is 0 Å². The van der Waals surface area contributed by atoms with Gasteiger partial charge in [0.1, 0.15) is 29.7 Å². The summed E-state index contributed by atoms with van der Waals surface area (Å²) in [6.07, 6.45) is 3.66. The van der Waals surface area contributed by atoms with Gasteiger partial charge in [0.15, 0.2) is 0 Å². The van der Waals surface area contributed by atoms with Crippen molar-refractivity contribution in [3.8, 4) is 5.75 Å². The molecule has 2 atom stereocenters. The van der Waals surface area contributed by atoms with Crippen LogP contribution in [0.1, 0.15) is 52.3 Å². The first-order chi connectivity index (χ1) is 17.1. The van der Waals surface area contributed by atoms with Gasteiger partial charge in [0.25, 0.3) is 5.91 Å². The summed E-state index contributed by atoms with van der Waals surface area (Å²) in [6.45, 7) is 2.71. The van der Waals surface area contributed by atoms with E-state index in [2.05, 4.69) is 15.6 Å². The van der Waals surface area contributed by atoms with E-state index in [1.807, 2.05) is 61.5 Å². The van der Waals surface area contributed by atoms with E-state index in [-0.39, 0.29) is 30.5 Å². The number of aryl methyl sites for hydroxylation is 1. The molecule has 1 aromatic heterocycles. The number of nitrogens with one attached hydrogen (secondary N) is 2. The largest absolute Gasteiger partial charge is 0.486 e. The number of thiazole rings is 1. The van der Waals surface area contributed by atoms with Crippen LogP contribution in [0.15, 0.2) is 60.0 Å². The Hall–Kier alpha value is -3.23. The van der Waals surface area contributed by atoms with Gasteiger partial charge in [0.05, 0.1) is 6.61 Å². The van der Waals surface area contributed by atoms with Crippen molar-refractivity contribution in [2.75, 3.05) is 6.61 Å². The number of hydrogen-bond acceptors (Lipinski definition) is 6. The average molecular weight is 494 g/mol. The van der Waals surface area contributed by atoms with Gasteiger partial charge in [0.2, 0.25) is 5.91 Å². The number of carbonyl (C=O) groups is 2. The monoisotopic (exact) mass is 493 g/mol. The van der Waals surface area contributed by atoms with Crippen LogP contribution in [0.2, 0.25) is 0 Å². The van der Waals surface area contributed by atoms with Gasteiger partial charge in [-0.1, -0.05) is 60.9 Å². The molecule has 1 aliphatic rings. The lowest BCUT2D eigenvalue weighted by Gasteiger charge is -2.32. The fourth-order valence-electron chi connectivity index (χ4n) is 4.06. The first-order valence-electron chi connectivity index (χ1n) is 11.9. The molecule has 4 rings (SSSR count). The molecule has 1 heterocycles. The van der Waals surface area contributed by atoms with Gasteiger partial charge in [-0.3, -0.25) is 9.59 Å². The van der Waals surface area contributed by atoms with E-state index in [9.17, 15) is 9.59 Å². The fourth-order valence-corrected chi connectivity index (χ4v) is 4.75. The minimum Gasteiger partial charge on any atom is -0.486 e. The normalized spacial score (nSPS) is 17.5. The maximum absolute atomic E-state index is 12.9. The smallest absolute Gasteiger partial charge is 0.271 e. The molecule has 2 N–H and O–H groups in total. The Kier molecular flexibility index (Phi) is 8.86. The topological polar surface area (TPSA) is 89.5 Å². The fraction of sp³-hybridized carbons (Fsp3) is 0.370. The van der Waals surface area contributed by atoms with E-state index in [0.29, 0.717) is 18.9 Å². The van der Waals surface area contributed by atoms with Crippen molar-refractivity contribution in [2.45, 2.75) is 57.9 Å². The van der Waals surface area contributed by atoms with Crippen molar-refractivity contribution in [3.63, 3.8) is 0 Å². The van der Waals surface area contributed by atoms with Crippen molar-refractivity contribution >= 4 is 23.2 Å². The van der Waals surface area contributed by atoms with Gasteiger partial charge in [-0.05, 0) is 37.5 Å². The van der Waals surface area contributed by atoms with Crippen LogP contribution in [-0.2, 0) is 22.7 Å². The van der Waals surface area contributed by atoms with E-state index in [1.165, 1.54) is 16.9 Å². The van der Waals surface area contributed by atoms with Crippen LogP contribution in [0, 0.1) is 6.92 Å². The lowest BCUT2D eigenvalue weighted by molar-refractivity contribution is -0.127. The Labute approximate surface area is 209 Å². The minimum atomic E-state index is -0.227. The van der Waals surface area contributed by atoms with Crippen LogP contribution in [0.25, 0.3) is 0 Å². The molecule has 0 spiro atoms. The summed E-state index contributed by atoms with van der Waals surface area (Å²) >= 11 is 1.40. The van der Waals surface area contributed by atoms with Crippen LogP contribution >= 0.6 is 11.3 Å². The zero-order chi connectivity index (χ0) is 24.5. The van der Waals surface area contributed by atoms with Crippen molar-refractivity contribution in [1.29, 1.82) is 0 Å². The summed E-state index contributed by atoms with van der Waals surface area (Å²) < 4.78 is 11.3. The second-order valence-electron chi connectivity index (χ2n) is 8.75. The van der Waals surface area contributed by atoms with Crippen molar-refractivity contribution in [1.82, 2.24) is 15.6 Å². The summed E-state index contributed by atoms with van der Waals surface area (Å²) in [7, 11) is 0. The lowest BCUT2D eigenvalue weighted by Crippen LogP contribution is -2.53. The van der Waals surface area contributed by atoms with E-state index in [0.717, 1.165) is 42.0 Å². The molecule has 7 nitrogen and oxygen atoms in total.